The van der Waals surface area contributed by atoms with Crippen LogP contribution in [0.3, 0.4) is 0 Å². The monoisotopic (exact) mass is 340 g/mol. The van der Waals surface area contributed by atoms with Crippen molar-refractivity contribution in [1.29, 1.82) is 0 Å². The third-order valence-electron chi connectivity index (χ3n) is 3.22. The number of nitrogens with zero attached hydrogens (tertiary/aromatic N) is 2. The number of amides is 1. The molecule has 130 valence electrons. The van der Waals surface area contributed by atoms with E-state index >= 15 is 0 Å². The summed E-state index contributed by atoms with van der Waals surface area (Å²) < 4.78 is 93.0. The fraction of sp³-hybridized carbons (Fsp3) is 0.909. The molecule has 4 nitrogen and oxygen atoms in total. The van der Waals surface area contributed by atoms with Gasteiger partial charge in [-0.3, -0.25) is 9.69 Å². The second kappa shape index (κ2) is 6.57. The van der Waals surface area contributed by atoms with Gasteiger partial charge in [0.05, 0.1) is 13.2 Å². The molecule has 11 heteroatoms. The number of carbonyl (C=O) groups is 1. The number of hydrogen-bond donors (Lipinski definition) is 0. The molecule has 0 radical (unpaired) electrons. The molecule has 0 spiro atoms. The summed E-state index contributed by atoms with van der Waals surface area (Å²) in [7, 11) is 0.753. The van der Waals surface area contributed by atoms with Crippen LogP contribution in [0.1, 0.15) is 0 Å². The summed E-state index contributed by atoms with van der Waals surface area (Å²) >= 11 is 0. The zero-order valence-corrected chi connectivity index (χ0v) is 11.6. The van der Waals surface area contributed by atoms with Crippen LogP contribution in [0.5, 0.6) is 0 Å². The smallest absolute Gasteiger partial charge is 0.379 e. The van der Waals surface area contributed by atoms with Gasteiger partial charge in [0.1, 0.15) is 0 Å². The summed E-state index contributed by atoms with van der Waals surface area (Å²) in [6, 6.07) is 0. The first-order chi connectivity index (χ1) is 9.91. The molecule has 0 bridgehead atoms. The van der Waals surface area contributed by atoms with Gasteiger partial charge in [-0.2, -0.15) is 30.7 Å². The summed E-state index contributed by atoms with van der Waals surface area (Å²) in [6.45, 7) is 1.36. The molecule has 1 fully saturated rings. The maximum atomic E-state index is 13.2. The molecule has 0 N–H and O–H groups in total. The first-order valence-electron chi connectivity index (χ1n) is 6.29. The molecule has 0 aromatic rings. The number of morpholine rings is 1. The Bertz CT molecular complexity index is 394. The van der Waals surface area contributed by atoms with Gasteiger partial charge in [0.15, 0.2) is 0 Å². The minimum Gasteiger partial charge on any atom is -0.379 e. The number of carbonyl (C=O) groups excluding carboxylic acids is 1. The van der Waals surface area contributed by atoms with Crippen LogP contribution in [0.4, 0.5) is 30.7 Å². The molecular weight excluding hydrogens is 325 g/mol. The number of alkyl halides is 7. The Morgan fingerprint density at radius 3 is 2.05 bits per heavy atom. The highest BCUT2D eigenvalue weighted by atomic mass is 19.4. The van der Waals surface area contributed by atoms with Crippen molar-refractivity contribution in [1.82, 2.24) is 9.80 Å². The minimum absolute atomic E-state index is 0.0687. The van der Waals surface area contributed by atoms with Crippen molar-refractivity contribution < 1.29 is 40.3 Å². The number of ether oxygens (including phenoxy) is 1. The molecular formula is C11H15F7N2O2. The van der Waals surface area contributed by atoms with Crippen molar-refractivity contribution in [2.24, 2.45) is 0 Å². The van der Waals surface area contributed by atoms with E-state index in [1.165, 1.54) is 0 Å². The average Bonchev–Trinajstić information content (AvgIpc) is 2.43. The fourth-order valence-corrected chi connectivity index (χ4v) is 1.77. The molecule has 0 aromatic carbocycles. The molecule has 0 atom stereocenters. The second-order valence-corrected chi connectivity index (χ2v) is 4.83. The maximum absolute atomic E-state index is 13.2. The van der Waals surface area contributed by atoms with Gasteiger partial charge < -0.3 is 9.64 Å². The Balaban J connectivity index is 2.67. The van der Waals surface area contributed by atoms with Crippen LogP contribution in [0.2, 0.25) is 0 Å². The molecule has 1 saturated heterocycles. The first-order valence-corrected chi connectivity index (χ1v) is 6.29. The van der Waals surface area contributed by atoms with E-state index in [0.29, 0.717) is 26.3 Å². The lowest BCUT2D eigenvalue weighted by atomic mass is 10.1. The van der Waals surface area contributed by atoms with Crippen LogP contribution in [0, 0.1) is 0 Å². The van der Waals surface area contributed by atoms with Crippen LogP contribution in [0.15, 0.2) is 0 Å². The average molecular weight is 340 g/mol. The minimum atomic E-state index is -6.52. The largest absolute Gasteiger partial charge is 0.460 e. The SMILES string of the molecule is CN(CCN1CCOCC1)C(=O)C(F)(F)C(F)(F)C(F)(F)F. The Labute approximate surface area is 121 Å². The van der Waals surface area contributed by atoms with E-state index < -0.39 is 30.5 Å². The van der Waals surface area contributed by atoms with E-state index in [1.807, 2.05) is 0 Å². The van der Waals surface area contributed by atoms with E-state index in [-0.39, 0.29) is 11.4 Å². The highest BCUT2D eigenvalue weighted by molar-refractivity contribution is 5.84. The molecule has 1 heterocycles. The Hall–Kier alpha value is -1.10. The lowest BCUT2D eigenvalue weighted by Crippen LogP contribution is -2.60. The van der Waals surface area contributed by atoms with Crippen molar-refractivity contribution in [2.45, 2.75) is 18.0 Å². The Morgan fingerprint density at radius 1 is 1.09 bits per heavy atom. The molecule has 0 unspecified atom stereocenters. The van der Waals surface area contributed by atoms with E-state index in [1.54, 1.807) is 4.90 Å². The molecule has 1 aliphatic heterocycles. The topological polar surface area (TPSA) is 32.8 Å². The van der Waals surface area contributed by atoms with Gasteiger partial charge in [-0.15, -0.1) is 0 Å². The summed E-state index contributed by atoms with van der Waals surface area (Å²) in [6.07, 6.45) is -6.52. The van der Waals surface area contributed by atoms with Crippen molar-refractivity contribution in [3.8, 4) is 0 Å². The van der Waals surface area contributed by atoms with E-state index in [9.17, 15) is 35.5 Å². The van der Waals surface area contributed by atoms with Gasteiger partial charge in [0, 0.05) is 33.2 Å². The molecule has 22 heavy (non-hydrogen) atoms. The van der Waals surface area contributed by atoms with Gasteiger partial charge in [-0.1, -0.05) is 0 Å². The Kier molecular flexibility index (Phi) is 5.66. The molecule has 0 saturated carbocycles. The highest BCUT2D eigenvalue weighted by Gasteiger charge is 2.76. The third-order valence-corrected chi connectivity index (χ3v) is 3.22. The van der Waals surface area contributed by atoms with Crippen molar-refractivity contribution in [2.75, 3.05) is 46.4 Å². The molecule has 1 aliphatic rings. The fourth-order valence-electron chi connectivity index (χ4n) is 1.77. The normalized spacial score (nSPS) is 18.4. The van der Waals surface area contributed by atoms with Gasteiger partial charge in [-0.25, -0.2) is 0 Å². The van der Waals surface area contributed by atoms with Gasteiger partial charge >= 0.3 is 18.0 Å². The number of hydrogen-bond acceptors (Lipinski definition) is 3. The molecule has 1 rings (SSSR count). The van der Waals surface area contributed by atoms with Gasteiger partial charge in [-0.05, 0) is 0 Å². The van der Waals surface area contributed by atoms with Crippen molar-refractivity contribution in [3.05, 3.63) is 0 Å². The summed E-state index contributed by atoms with van der Waals surface area (Å²) in [5, 5.41) is 0. The number of rotatable bonds is 5. The lowest BCUT2D eigenvalue weighted by molar-refractivity contribution is -0.345. The Morgan fingerprint density at radius 2 is 1.59 bits per heavy atom. The quantitative estimate of drug-likeness (QED) is 0.713. The first kappa shape index (κ1) is 18.9. The van der Waals surface area contributed by atoms with E-state index in [0.717, 1.165) is 7.05 Å². The molecule has 0 aliphatic carbocycles. The van der Waals surface area contributed by atoms with Crippen LogP contribution in [0.25, 0.3) is 0 Å². The van der Waals surface area contributed by atoms with Crippen molar-refractivity contribution >= 4 is 5.91 Å². The predicted molar refractivity (Wildman–Crippen MR) is 60.8 cm³/mol. The molecule has 1 amide bonds. The van der Waals surface area contributed by atoms with E-state index in [4.69, 9.17) is 4.74 Å². The predicted octanol–water partition coefficient (Wildman–Crippen LogP) is 1.61. The molecule has 0 aromatic heterocycles. The number of halogens is 7. The van der Waals surface area contributed by atoms with Crippen LogP contribution in [-0.4, -0.2) is 80.2 Å². The standard InChI is InChI=1S/C11H15F7N2O2/c1-19(2-3-20-4-6-22-7-5-20)8(21)9(12,13)10(14,15)11(16,17)18/h2-7H2,1H3. The highest BCUT2D eigenvalue weighted by Crippen LogP contribution is 2.47. The zero-order valence-electron chi connectivity index (χ0n) is 11.6. The third kappa shape index (κ3) is 3.80. The van der Waals surface area contributed by atoms with Crippen LogP contribution in [-0.2, 0) is 9.53 Å². The maximum Gasteiger partial charge on any atom is 0.460 e. The van der Waals surface area contributed by atoms with Crippen LogP contribution < -0.4 is 0 Å². The lowest BCUT2D eigenvalue weighted by Gasteiger charge is -2.32. The summed E-state index contributed by atoms with van der Waals surface area (Å²) in [4.78, 5) is 13.2. The summed E-state index contributed by atoms with van der Waals surface area (Å²) in [5.41, 5.74) is 0. The zero-order chi connectivity index (χ0) is 17.2. The number of likely N-dealkylation sites (N-methyl/N-ethyl adjacent to an activating group) is 1. The van der Waals surface area contributed by atoms with Crippen LogP contribution >= 0.6 is 0 Å². The van der Waals surface area contributed by atoms with Gasteiger partial charge in [0.25, 0.3) is 5.91 Å². The van der Waals surface area contributed by atoms with Crippen molar-refractivity contribution in [3.63, 3.8) is 0 Å². The van der Waals surface area contributed by atoms with E-state index in [2.05, 4.69) is 0 Å². The second-order valence-electron chi connectivity index (χ2n) is 4.83. The van der Waals surface area contributed by atoms with Gasteiger partial charge in [0.2, 0.25) is 0 Å². The summed E-state index contributed by atoms with van der Waals surface area (Å²) in [5.74, 6) is -14.8.